The molecule has 27 heavy (non-hydrogen) atoms. The van der Waals surface area contributed by atoms with Crippen LogP contribution in [0.2, 0.25) is 0 Å². The summed E-state index contributed by atoms with van der Waals surface area (Å²) < 4.78 is 5.15. The molecule has 0 fully saturated rings. The lowest BCUT2D eigenvalue weighted by Gasteiger charge is -2.40. The summed E-state index contributed by atoms with van der Waals surface area (Å²) in [5.74, 6) is -2.73. The zero-order valence-corrected chi connectivity index (χ0v) is 14.6. The number of non-ortho nitro benzene ring substituents is 1. The minimum atomic E-state index is -1.54. The van der Waals surface area contributed by atoms with Gasteiger partial charge in [0.2, 0.25) is 0 Å². The Balaban J connectivity index is 2.20. The number of benzene rings is 1. The number of ether oxygens (including phenoxy) is 1. The average Bonchev–Trinajstić information content (AvgIpc) is 2.97. The number of nitro groups is 1. The van der Waals surface area contributed by atoms with Gasteiger partial charge < -0.3 is 14.9 Å². The van der Waals surface area contributed by atoms with Gasteiger partial charge in [0.05, 0.1) is 16.4 Å². The Kier molecular flexibility index (Phi) is 4.71. The van der Waals surface area contributed by atoms with E-state index in [1.54, 1.807) is 6.07 Å². The second-order valence-corrected chi connectivity index (χ2v) is 6.73. The number of fused-ring (bicyclic) bond motifs is 1. The van der Waals surface area contributed by atoms with Gasteiger partial charge in [-0.05, 0) is 12.5 Å². The molecule has 3 N–H and O–H groups in total. The number of nitrogens with one attached hydrogen (secondary N) is 2. The molecular weight excluding hydrogens is 354 g/mol. The number of esters is 1. The number of aromatic nitrogens is 2. The molecule has 9 heteroatoms. The van der Waals surface area contributed by atoms with Crippen molar-refractivity contribution < 1.29 is 19.6 Å². The fraction of sp³-hybridized carbons (Fsp3) is 0.333. The van der Waals surface area contributed by atoms with E-state index in [9.17, 15) is 24.8 Å². The van der Waals surface area contributed by atoms with Crippen LogP contribution in [0.5, 0.6) is 0 Å². The maximum Gasteiger partial charge on any atom is 0.313 e. The molecule has 2 aromatic rings. The smallest absolute Gasteiger partial charge is 0.313 e. The molecule has 3 atom stereocenters. The highest BCUT2D eigenvalue weighted by atomic mass is 16.6. The predicted octanol–water partition coefficient (Wildman–Crippen LogP) is 1.40. The van der Waals surface area contributed by atoms with Crippen LogP contribution < -0.4 is 5.56 Å². The van der Waals surface area contributed by atoms with Crippen molar-refractivity contribution in [1.82, 2.24) is 10.2 Å². The van der Waals surface area contributed by atoms with Gasteiger partial charge in [-0.25, -0.2) is 0 Å². The predicted molar refractivity (Wildman–Crippen MR) is 95.3 cm³/mol. The minimum Gasteiger partial charge on any atom is -0.461 e. The first kappa shape index (κ1) is 18.6. The van der Waals surface area contributed by atoms with Crippen molar-refractivity contribution >= 4 is 11.7 Å². The van der Waals surface area contributed by atoms with Crippen LogP contribution in [-0.4, -0.2) is 38.4 Å². The number of rotatable bonds is 5. The Bertz CT molecular complexity index is 958. The summed E-state index contributed by atoms with van der Waals surface area (Å²) in [6.45, 7) is 4.91. The van der Waals surface area contributed by atoms with Crippen LogP contribution in [0.25, 0.3) is 0 Å². The maximum absolute atomic E-state index is 12.7. The molecule has 9 nitrogen and oxygen atoms in total. The second-order valence-electron chi connectivity index (χ2n) is 6.73. The number of carbonyl (C=O) groups excluding carboxylic acids is 1. The first-order valence-corrected chi connectivity index (χ1v) is 8.30. The van der Waals surface area contributed by atoms with Gasteiger partial charge in [-0.2, -0.15) is 0 Å². The lowest BCUT2D eigenvalue weighted by molar-refractivity contribution is -0.384. The fourth-order valence-electron chi connectivity index (χ4n) is 3.68. The van der Waals surface area contributed by atoms with Crippen LogP contribution in [0.1, 0.15) is 29.7 Å². The van der Waals surface area contributed by atoms with Crippen LogP contribution in [-0.2, 0) is 16.0 Å². The first-order valence-electron chi connectivity index (χ1n) is 8.30. The van der Waals surface area contributed by atoms with E-state index in [1.807, 2.05) is 0 Å². The lowest BCUT2D eigenvalue weighted by atomic mass is 9.66. The quantitative estimate of drug-likeness (QED) is 0.313. The van der Waals surface area contributed by atoms with Crippen LogP contribution >= 0.6 is 0 Å². The highest BCUT2D eigenvalue weighted by Gasteiger charge is 2.51. The van der Waals surface area contributed by atoms with E-state index in [4.69, 9.17) is 4.74 Å². The minimum absolute atomic E-state index is 0.0281. The molecule has 0 saturated carbocycles. The SMILES string of the molecule is C=CCOC(=O)[C@@H]1[C@@H](c2cccc([N+](=O)[O-])c2)c2c([nH][nH]c2=O)C[C@]1(C)O. The molecule has 0 saturated heterocycles. The number of aromatic amines is 2. The van der Waals surface area contributed by atoms with Crippen molar-refractivity contribution in [2.24, 2.45) is 5.92 Å². The van der Waals surface area contributed by atoms with Gasteiger partial charge in [0, 0.05) is 35.7 Å². The van der Waals surface area contributed by atoms with E-state index in [-0.39, 0.29) is 24.3 Å². The standard InChI is InChI=1S/C18H19N3O6/c1-3-7-27-17(23)15-13(10-5-4-6-11(8-10)21(25)26)14-12(9-18(15,2)24)19-20-16(14)22/h3-6,8,13,15,24H,1,7,9H2,2H3,(H2,19,20,22)/t13-,15-,18-/m0/s1. The van der Waals surface area contributed by atoms with Crippen LogP contribution in [0, 0.1) is 16.0 Å². The topological polar surface area (TPSA) is 138 Å². The maximum atomic E-state index is 12.7. The van der Waals surface area contributed by atoms with E-state index in [0.717, 1.165) is 0 Å². The molecule has 1 aliphatic carbocycles. The van der Waals surface area contributed by atoms with E-state index >= 15 is 0 Å². The first-order chi connectivity index (χ1) is 12.8. The molecule has 0 radical (unpaired) electrons. The lowest BCUT2D eigenvalue weighted by Crippen LogP contribution is -2.50. The van der Waals surface area contributed by atoms with E-state index in [2.05, 4.69) is 16.8 Å². The number of nitro benzene ring substituents is 1. The molecular formula is C18H19N3O6. The molecule has 3 rings (SSSR count). The van der Waals surface area contributed by atoms with Gasteiger partial charge in [-0.15, -0.1) is 0 Å². The van der Waals surface area contributed by atoms with Crippen LogP contribution in [0.4, 0.5) is 5.69 Å². The summed E-state index contributed by atoms with van der Waals surface area (Å²) in [6, 6.07) is 5.68. The molecule has 142 valence electrons. The third kappa shape index (κ3) is 3.28. The Morgan fingerprint density at radius 3 is 2.93 bits per heavy atom. The Morgan fingerprint density at radius 2 is 2.26 bits per heavy atom. The zero-order chi connectivity index (χ0) is 19.8. The Morgan fingerprint density at radius 1 is 1.52 bits per heavy atom. The van der Waals surface area contributed by atoms with Crippen LogP contribution in [0.15, 0.2) is 41.7 Å². The molecule has 0 bridgehead atoms. The number of H-pyrrole nitrogens is 2. The largest absolute Gasteiger partial charge is 0.461 e. The number of aliphatic hydroxyl groups is 1. The highest BCUT2D eigenvalue weighted by molar-refractivity contribution is 5.77. The second kappa shape index (κ2) is 6.84. The summed E-state index contributed by atoms with van der Waals surface area (Å²) >= 11 is 0. The summed E-state index contributed by atoms with van der Waals surface area (Å²) in [6.07, 6.45) is 1.42. The zero-order valence-electron chi connectivity index (χ0n) is 14.6. The molecule has 1 aromatic heterocycles. The number of hydrogen-bond acceptors (Lipinski definition) is 6. The van der Waals surface area contributed by atoms with Crippen molar-refractivity contribution in [2.75, 3.05) is 6.61 Å². The molecule has 0 spiro atoms. The van der Waals surface area contributed by atoms with E-state index in [1.165, 1.54) is 31.2 Å². The fourth-order valence-corrected chi connectivity index (χ4v) is 3.68. The molecule has 0 amide bonds. The van der Waals surface area contributed by atoms with Gasteiger partial charge in [0.25, 0.3) is 11.2 Å². The van der Waals surface area contributed by atoms with Gasteiger partial charge in [-0.3, -0.25) is 24.8 Å². The molecule has 0 aliphatic heterocycles. The Hall–Kier alpha value is -3.20. The van der Waals surface area contributed by atoms with Gasteiger partial charge >= 0.3 is 5.97 Å². The highest BCUT2D eigenvalue weighted by Crippen LogP contribution is 2.45. The van der Waals surface area contributed by atoms with Crippen LogP contribution in [0.3, 0.4) is 0 Å². The number of nitrogens with zero attached hydrogens (tertiary/aromatic N) is 1. The molecule has 1 aromatic carbocycles. The third-order valence-electron chi connectivity index (χ3n) is 4.78. The van der Waals surface area contributed by atoms with Crippen molar-refractivity contribution in [3.63, 3.8) is 0 Å². The van der Waals surface area contributed by atoms with Crippen molar-refractivity contribution in [2.45, 2.75) is 24.9 Å². The van der Waals surface area contributed by atoms with Crippen molar-refractivity contribution in [3.8, 4) is 0 Å². The summed E-state index contributed by atoms with van der Waals surface area (Å²) in [5, 5.41) is 27.3. The summed E-state index contributed by atoms with van der Waals surface area (Å²) in [4.78, 5) is 35.7. The van der Waals surface area contributed by atoms with E-state index < -0.39 is 33.9 Å². The summed E-state index contributed by atoms with van der Waals surface area (Å²) in [5.41, 5.74) is -1.07. The normalized spacial score (nSPS) is 24.1. The van der Waals surface area contributed by atoms with Gasteiger partial charge in [0.1, 0.15) is 6.61 Å². The number of hydrogen-bond donors (Lipinski definition) is 3. The van der Waals surface area contributed by atoms with E-state index in [0.29, 0.717) is 11.3 Å². The van der Waals surface area contributed by atoms with Gasteiger partial charge in [0.15, 0.2) is 0 Å². The molecule has 1 heterocycles. The number of carbonyl (C=O) groups is 1. The molecule has 0 unspecified atom stereocenters. The molecule has 1 aliphatic rings. The monoisotopic (exact) mass is 373 g/mol. The third-order valence-corrected chi connectivity index (χ3v) is 4.78. The average molecular weight is 373 g/mol. The van der Waals surface area contributed by atoms with Crippen molar-refractivity contribution in [3.05, 3.63) is 74.2 Å². The summed E-state index contributed by atoms with van der Waals surface area (Å²) in [7, 11) is 0. The Labute approximate surface area is 153 Å². The van der Waals surface area contributed by atoms with Gasteiger partial charge in [-0.1, -0.05) is 24.8 Å². The van der Waals surface area contributed by atoms with Crippen molar-refractivity contribution in [1.29, 1.82) is 0 Å².